The molecule has 10 nitrogen and oxygen atoms in total. The van der Waals surface area contributed by atoms with Gasteiger partial charge in [0, 0.05) is 21.5 Å². The molecule has 2 heterocycles. The van der Waals surface area contributed by atoms with Crippen LogP contribution in [0.5, 0.6) is 11.5 Å². The van der Waals surface area contributed by atoms with Gasteiger partial charge in [-0.15, -0.1) is 0 Å². The smallest absolute Gasteiger partial charge is 0.315 e. The molecular formula is C32H23BrN4O6. The van der Waals surface area contributed by atoms with Gasteiger partial charge in [-0.05, 0) is 55.0 Å². The van der Waals surface area contributed by atoms with Crippen LogP contribution >= 0.6 is 15.9 Å². The van der Waals surface area contributed by atoms with Crippen molar-refractivity contribution in [3.63, 3.8) is 0 Å². The lowest BCUT2D eigenvalue weighted by atomic mass is 10.1. The van der Waals surface area contributed by atoms with Gasteiger partial charge in [-0.2, -0.15) is 9.78 Å². The maximum atomic E-state index is 13.6. The van der Waals surface area contributed by atoms with Crippen molar-refractivity contribution in [2.45, 2.75) is 13.5 Å². The molecule has 0 amide bonds. The molecule has 0 saturated heterocycles. The molecule has 0 radical (unpaired) electrons. The largest absolute Gasteiger partial charge is 0.490 e. The lowest BCUT2D eigenvalue weighted by molar-refractivity contribution is -0.386. The minimum absolute atomic E-state index is 0.00603. The van der Waals surface area contributed by atoms with Crippen LogP contribution in [0.3, 0.4) is 0 Å². The molecule has 43 heavy (non-hydrogen) atoms. The highest BCUT2D eigenvalue weighted by Crippen LogP contribution is 2.39. The van der Waals surface area contributed by atoms with Crippen LogP contribution in [0.25, 0.3) is 33.5 Å². The third-order valence-corrected chi connectivity index (χ3v) is 7.05. The zero-order chi connectivity index (χ0) is 29.9. The molecule has 0 bridgehead atoms. The Bertz CT molecular complexity index is 2070. The summed E-state index contributed by atoms with van der Waals surface area (Å²) in [6.45, 7) is 2.14. The van der Waals surface area contributed by atoms with Crippen molar-refractivity contribution in [3.05, 3.63) is 127 Å². The Morgan fingerprint density at radius 2 is 1.81 bits per heavy atom. The second kappa shape index (κ2) is 11.9. The Balaban J connectivity index is 1.45. The minimum Gasteiger partial charge on any atom is -0.490 e. The minimum atomic E-state index is -0.540. The molecule has 2 aromatic heterocycles. The van der Waals surface area contributed by atoms with E-state index < -0.39 is 10.5 Å². The molecule has 11 heteroatoms. The summed E-state index contributed by atoms with van der Waals surface area (Å²) in [5.41, 5.74) is 1.53. The average Bonchev–Trinajstić information content (AvgIpc) is 3.43. The molecular weight excluding hydrogens is 616 g/mol. The molecule has 0 atom stereocenters. The summed E-state index contributed by atoms with van der Waals surface area (Å²) in [7, 11) is 0. The van der Waals surface area contributed by atoms with Crippen molar-refractivity contribution in [3.8, 4) is 23.1 Å². The van der Waals surface area contributed by atoms with Crippen molar-refractivity contribution in [1.29, 1.82) is 0 Å². The van der Waals surface area contributed by atoms with Crippen molar-refractivity contribution in [2.75, 3.05) is 6.61 Å². The number of nitrogens with zero attached hydrogens (tertiary/aromatic N) is 4. The first-order valence-corrected chi connectivity index (χ1v) is 14.1. The molecule has 0 unspecified atom stereocenters. The van der Waals surface area contributed by atoms with Gasteiger partial charge in [-0.1, -0.05) is 58.4 Å². The number of benzene rings is 4. The highest BCUT2D eigenvalue weighted by molar-refractivity contribution is 9.10. The van der Waals surface area contributed by atoms with E-state index in [0.29, 0.717) is 27.8 Å². The predicted octanol–water partition coefficient (Wildman–Crippen LogP) is 7.34. The van der Waals surface area contributed by atoms with Crippen LogP contribution in [0.4, 0.5) is 5.69 Å². The van der Waals surface area contributed by atoms with Gasteiger partial charge in [0.1, 0.15) is 12.2 Å². The number of rotatable bonds is 9. The molecule has 0 fully saturated rings. The molecule has 0 saturated carbocycles. The number of hydrogen-bond acceptors (Lipinski definition) is 8. The van der Waals surface area contributed by atoms with E-state index in [-0.39, 0.29) is 36.2 Å². The van der Waals surface area contributed by atoms with Gasteiger partial charge >= 0.3 is 5.69 Å². The third-order valence-electron chi connectivity index (χ3n) is 6.55. The lowest BCUT2D eigenvalue weighted by Crippen LogP contribution is -2.20. The normalized spacial score (nSPS) is 11.4. The molecule has 4 aromatic carbocycles. The maximum Gasteiger partial charge on any atom is 0.315 e. The van der Waals surface area contributed by atoms with Crippen LogP contribution in [0, 0.1) is 10.1 Å². The molecule has 0 aliphatic rings. The summed E-state index contributed by atoms with van der Waals surface area (Å²) in [6, 6.07) is 26.5. The van der Waals surface area contributed by atoms with Crippen molar-refractivity contribution in [2.24, 2.45) is 5.10 Å². The van der Waals surface area contributed by atoms with Gasteiger partial charge in [0.25, 0.3) is 5.56 Å². The number of para-hydroxylation sites is 1. The van der Waals surface area contributed by atoms with Gasteiger partial charge in [-0.3, -0.25) is 14.9 Å². The molecule has 6 aromatic rings. The number of ether oxygens (including phenoxy) is 2. The molecule has 0 aliphatic carbocycles. The van der Waals surface area contributed by atoms with E-state index in [1.54, 1.807) is 43.3 Å². The molecule has 0 aliphatic heterocycles. The van der Waals surface area contributed by atoms with Gasteiger partial charge < -0.3 is 13.9 Å². The molecule has 0 spiro atoms. The van der Waals surface area contributed by atoms with Crippen LogP contribution in [0.2, 0.25) is 0 Å². The highest BCUT2D eigenvalue weighted by atomic mass is 79.9. The number of halogens is 1. The number of nitro benzene ring substituents is 1. The second-order valence-corrected chi connectivity index (χ2v) is 10.4. The van der Waals surface area contributed by atoms with Crippen LogP contribution in [-0.2, 0) is 6.61 Å². The monoisotopic (exact) mass is 638 g/mol. The fraction of sp³-hybridized carbons (Fsp3) is 0.0938. The first-order chi connectivity index (χ1) is 20.9. The Morgan fingerprint density at radius 3 is 2.60 bits per heavy atom. The maximum absolute atomic E-state index is 13.6. The fourth-order valence-electron chi connectivity index (χ4n) is 4.60. The second-order valence-electron chi connectivity index (χ2n) is 9.44. The van der Waals surface area contributed by atoms with E-state index in [2.05, 4.69) is 26.0 Å². The standard InChI is InChI=1S/C32H23BrN4O6/c1-2-41-28-15-21(14-26(37(39)40)30(28)42-19-20-8-4-3-5-9-20)18-34-36-31(35-25-11-7-6-10-24(25)32(36)38)29-17-22-16-23(33)12-13-27(22)43-29/h3-18H,2,19H2,1H3. The Morgan fingerprint density at radius 1 is 1.02 bits per heavy atom. The summed E-state index contributed by atoms with van der Waals surface area (Å²) in [5.74, 6) is 0.695. The number of furan rings is 1. The third kappa shape index (κ3) is 5.75. The van der Waals surface area contributed by atoms with Crippen LogP contribution in [-0.4, -0.2) is 27.4 Å². The van der Waals surface area contributed by atoms with Crippen molar-refractivity contribution in [1.82, 2.24) is 9.66 Å². The Hall–Kier alpha value is -5.29. The zero-order valence-electron chi connectivity index (χ0n) is 22.8. The summed E-state index contributed by atoms with van der Waals surface area (Å²) in [4.78, 5) is 29.9. The molecule has 6 rings (SSSR count). The first-order valence-electron chi connectivity index (χ1n) is 13.3. The summed E-state index contributed by atoms with van der Waals surface area (Å²) in [6.07, 6.45) is 1.34. The highest BCUT2D eigenvalue weighted by Gasteiger charge is 2.23. The quantitative estimate of drug-likeness (QED) is 0.0922. The average molecular weight is 639 g/mol. The van der Waals surface area contributed by atoms with Crippen molar-refractivity contribution < 1.29 is 18.8 Å². The van der Waals surface area contributed by atoms with Crippen LogP contribution in [0.15, 0.2) is 110 Å². The van der Waals surface area contributed by atoms with Crippen LogP contribution < -0.4 is 15.0 Å². The Labute approximate surface area is 253 Å². The Kier molecular flexibility index (Phi) is 7.71. The number of fused-ring (bicyclic) bond motifs is 2. The van der Waals surface area contributed by atoms with E-state index in [1.165, 1.54) is 12.3 Å². The zero-order valence-corrected chi connectivity index (χ0v) is 24.4. The predicted molar refractivity (Wildman–Crippen MR) is 167 cm³/mol. The molecule has 0 N–H and O–H groups in total. The summed E-state index contributed by atoms with van der Waals surface area (Å²) >= 11 is 3.46. The summed E-state index contributed by atoms with van der Waals surface area (Å²) < 4.78 is 19.7. The topological polar surface area (TPSA) is 122 Å². The van der Waals surface area contributed by atoms with Crippen molar-refractivity contribution >= 4 is 49.7 Å². The fourth-order valence-corrected chi connectivity index (χ4v) is 4.97. The van der Waals surface area contributed by atoms with E-state index in [9.17, 15) is 14.9 Å². The SMILES string of the molecule is CCOc1cc(C=Nn2c(-c3cc4cc(Br)ccc4o3)nc3ccccc3c2=O)cc([N+](=O)[O-])c1OCc1ccccc1. The first kappa shape index (κ1) is 27.9. The van der Waals surface area contributed by atoms with E-state index in [1.807, 2.05) is 48.5 Å². The number of nitro groups is 1. The van der Waals surface area contributed by atoms with Crippen LogP contribution in [0.1, 0.15) is 18.1 Å². The van der Waals surface area contributed by atoms with Gasteiger partial charge in [0.15, 0.2) is 11.5 Å². The number of hydrogen-bond donors (Lipinski definition) is 0. The van der Waals surface area contributed by atoms with E-state index in [0.717, 1.165) is 20.1 Å². The number of aromatic nitrogens is 2. The van der Waals surface area contributed by atoms with E-state index in [4.69, 9.17) is 13.9 Å². The van der Waals surface area contributed by atoms with Gasteiger partial charge in [0.05, 0.1) is 28.6 Å². The molecule has 214 valence electrons. The summed E-state index contributed by atoms with van der Waals surface area (Å²) in [5, 5.41) is 17.7. The van der Waals surface area contributed by atoms with Gasteiger partial charge in [0.2, 0.25) is 11.6 Å². The van der Waals surface area contributed by atoms with Gasteiger partial charge in [-0.25, -0.2) is 4.98 Å². The lowest BCUT2D eigenvalue weighted by Gasteiger charge is -2.13. The van der Waals surface area contributed by atoms with E-state index >= 15 is 0 Å².